The highest BCUT2D eigenvalue weighted by molar-refractivity contribution is 5.84. The van der Waals surface area contributed by atoms with Crippen LogP contribution in [-0.4, -0.2) is 10.2 Å². The fraction of sp³-hybridized carbons (Fsp3) is 0.200. The monoisotopic (exact) mass is 226 g/mol. The molecular formula is C15H14O2. The lowest BCUT2D eigenvalue weighted by Gasteiger charge is -2.06. The summed E-state index contributed by atoms with van der Waals surface area (Å²) in [4.78, 5) is 0. The molecule has 0 aliphatic carbocycles. The Hall–Kier alpha value is -2.14. The molecule has 0 amide bonds. The Kier molecular flexibility index (Phi) is 3.20. The summed E-state index contributed by atoms with van der Waals surface area (Å²) in [6, 6.07) is 11.4. The van der Waals surface area contributed by atoms with E-state index in [9.17, 15) is 5.11 Å². The third-order valence-electron chi connectivity index (χ3n) is 2.74. The smallest absolute Gasteiger partial charge is 0.116 e. The lowest BCUT2D eigenvalue weighted by molar-refractivity contribution is 0.476. The second-order valence-corrected chi connectivity index (χ2v) is 4.23. The number of hydrogen-bond donors (Lipinski definition) is 2. The molecule has 2 rings (SSSR count). The molecule has 1 unspecified atom stereocenters. The highest BCUT2D eigenvalue weighted by atomic mass is 16.3. The molecule has 0 heterocycles. The predicted molar refractivity (Wildman–Crippen MR) is 68.2 cm³/mol. The van der Waals surface area contributed by atoms with Crippen molar-refractivity contribution in [2.24, 2.45) is 5.92 Å². The van der Waals surface area contributed by atoms with Crippen LogP contribution in [0.15, 0.2) is 36.4 Å². The Bertz CT molecular complexity index is 591. The molecule has 17 heavy (non-hydrogen) atoms. The number of rotatable bonds is 2. The SMILES string of the molecule is CC(C#CO)Cc1ccc2cc(O)ccc2c1. The van der Waals surface area contributed by atoms with Crippen molar-refractivity contribution in [1.29, 1.82) is 0 Å². The minimum atomic E-state index is 0.134. The molecule has 2 nitrogen and oxygen atoms in total. The van der Waals surface area contributed by atoms with Crippen LogP contribution in [0.25, 0.3) is 10.8 Å². The molecule has 0 fully saturated rings. The molecule has 2 aromatic rings. The van der Waals surface area contributed by atoms with E-state index in [0.717, 1.165) is 17.2 Å². The topological polar surface area (TPSA) is 40.5 Å². The largest absolute Gasteiger partial charge is 0.508 e. The molecule has 0 saturated carbocycles. The molecule has 2 N–H and O–H groups in total. The fourth-order valence-corrected chi connectivity index (χ4v) is 1.92. The van der Waals surface area contributed by atoms with E-state index in [4.69, 9.17) is 5.11 Å². The summed E-state index contributed by atoms with van der Waals surface area (Å²) in [5, 5.41) is 20.0. The summed E-state index contributed by atoms with van der Waals surface area (Å²) in [5.74, 6) is 3.13. The Morgan fingerprint density at radius 2 is 1.82 bits per heavy atom. The summed E-state index contributed by atoms with van der Waals surface area (Å²) in [6.45, 7) is 1.98. The lowest BCUT2D eigenvalue weighted by atomic mass is 9.99. The van der Waals surface area contributed by atoms with Crippen LogP contribution in [0.2, 0.25) is 0 Å². The second-order valence-electron chi connectivity index (χ2n) is 4.23. The van der Waals surface area contributed by atoms with Gasteiger partial charge in [0.1, 0.15) is 11.9 Å². The van der Waals surface area contributed by atoms with E-state index in [-0.39, 0.29) is 11.7 Å². The maximum Gasteiger partial charge on any atom is 0.116 e. The Labute approximate surface area is 101 Å². The van der Waals surface area contributed by atoms with Gasteiger partial charge < -0.3 is 10.2 Å². The maximum atomic E-state index is 9.37. The van der Waals surface area contributed by atoms with Gasteiger partial charge in [-0.3, -0.25) is 0 Å². The van der Waals surface area contributed by atoms with Crippen LogP contribution < -0.4 is 0 Å². The van der Waals surface area contributed by atoms with Crippen molar-refractivity contribution in [1.82, 2.24) is 0 Å². The summed E-state index contributed by atoms with van der Waals surface area (Å²) in [5.41, 5.74) is 1.18. The second kappa shape index (κ2) is 4.80. The normalized spacial score (nSPS) is 11.8. The van der Waals surface area contributed by atoms with Crippen molar-refractivity contribution in [2.45, 2.75) is 13.3 Å². The minimum absolute atomic E-state index is 0.134. The molecule has 0 spiro atoms. The van der Waals surface area contributed by atoms with Crippen molar-refractivity contribution < 1.29 is 10.2 Å². The average Bonchev–Trinajstić information content (AvgIpc) is 2.29. The molecule has 2 heteroatoms. The molecule has 2 aromatic carbocycles. The van der Waals surface area contributed by atoms with E-state index in [1.54, 1.807) is 12.1 Å². The summed E-state index contributed by atoms with van der Waals surface area (Å²) >= 11 is 0. The van der Waals surface area contributed by atoms with E-state index < -0.39 is 0 Å². The van der Waals surface area contributed by atoms with Crippen LogP contribution in [0, 0.1) is 17.9 Å². The minimum Gasteiger partial charge on any atom is -0.508 e. The molecule has 0 radical (unpaired) electrons. The quantitative estimate of drug-likeness (QED) is 0.773. The van der Waals surface area contributed by atoms with E-state index >= 15 is 0 Å². The third kappa shape index (κ3) is 2.70. The standard InChI is InChI=1S/C15H14O2/c1-11(6-7-16)8-12-2-3-14-10-15(17)5-4-13(14)9-12/h2-5,9-11,16-17H,8H2,1H3. The highest BCUT2D eigenvalue weighted by Crippen LogP contribution is 2.22. The van der Waals surface area contributed by atoms with E-state index in [1.165, 1.54) is 5.56 Å². The van der Waals surface area contributed by atoms with Gasteiger partial charge in [0.25, 0.3) is 0 Å². The molecule has 86 valence electrons. The number of aromatic hydroxyl groups is 1. The first-order valence-electron chi connectivity index (χ1n) is 5.55. The molecule has 0 aliphatic heterocycles. The Balaban J connectivity index is 2.31. The van der Waals surface area contributed by atoms with Crippen molar-refractivity contribution in [3.8, 4) is 17.8 Å². The zero-order chi connectivity index (χ0) is 12.3. The number of phenolic OH excluding ortho intramolecular Hbond substituents is 1. The molecule has 0 aliphatic rings. The van der Waals surface area contributed by atoms with Gasteiger partial charge in [0.2, 0.25) is 0 Å². The number of fused-ring (bicyclic) bond motifs is 1. The maximum absolute atomic E-state index is 9.37. The zero-order valence-corrected chi connectivity index (χ0v) is 9.64. The molecule has 0 saturated heterocycles. The summed E-state index contributed by atoms with van der Waals surface area (Å²) in [7, 11) is 0. The van der Waals surface area contributed by atoms with Crippen molar-refractivity contribution in [3.63, 3.8) is 0 Å². The summed E-state index contributed by atoms with van der Waals surface area (Å²) in [6.07, 6.45) is 2.76. The van der Waals surface area contributed by atoms with Gasteiger partial charge >= 0.3 is 0 Å². The predicted octanol–water partition coefficient (Wildman–Crippen LogP) is 3.06. The van der Waals surface area contributed by atoms with Crippen LogP contribution in [-0.2, 0) is 6.42 Å². The zero-order valence-electron chi connectivity index (χ0n) is 9.64. The first-order chi connectivity index (χ1) is 8.19. The number of phenols is 1. The van der Waals surface area contributed by atoms with Gasteiger partial charge in [-0.2, -0.15) is 0 Å². The summed E-state index contributed by atoms with van der Waals surface area (Å²) < 4.78 is 0. The van der Waals surface area contributed by atoms with Gasteiger partial charge in [0.15, 0.2) is 0 Å². The van der Waals surface area contributed by atoms with Crippen LogP contribution in [0.5, 0.6) is 5.75 Å². The van der Waals surface area contributed by atoms with Gasteiger partial charge in [0.05, 0.1) is 0 Å². The number of aliphatic hydroxyl groups excluding tert-OH is 1. The van der Waals surface area contributed by atoms with E-state index in [1.807, 2.05) is 31.2 Å². The number of hydrogen-bond acceptors (Lipinski definition) is 2. The van der Waals surface area contributed by atoms with Crippen LogP contribution in [0.4, 0.5) is 0 Å². The van der Waals surface area contributed by atoms with Crippen LogP contribution >= 0.6 is 0 Å². The van der Waals surface area contributed by atoms with Crippen molar-refractivity contribution in [2.75, 3.05) is 0 Å². The van der Waals surface area contributed by atoms with Gasteiger partial charge in [-0.25, -0.2) is 0 Å². The van der Waals surface area contributed by atoms with E-state index in [0.29, 0.717) is 0 Å². The number of aliphatic hydroxyl groups is 1. The van der Waals surface area contributed by atoms with Gasteiger partial charge in [-0.15, -0.1) is 0 Å². The van der Waals surface area contributed by atoms with Crippen molar-refractivity contribution >= 4 is 10.8 Å². The molecule has 0 bridgehead atoms. The average molecular weight is 226 g/mol. The Morgan fingerprint density at radius 1 is 1.12 bits per heavy atom. The highest BCUT2D eigenvalue weighted by Gasteiger charge is 2.02. The van der Waals surface area contributed by atoms with Gasteiger partial charge in [0, 0.05) is 5.92 Å². The van der Waals surface area contributed by atoms with E-state index in [2.05, 4.69) is 12.0 Å². The van der Waals surface area contributed by atoms with Crippen LogP contribution in [0.1, 0.15) is 12.5 Å². The third-order valence-corrected chi connectivity index (χ3v) is 2.74. The van der Waals surface area contributed by atoms with Crippen molar-refractivity contribution in [3.05, 3.63) is 42.0 Å². The van der Waals surface area contributed by atoms with Crippen LogP contribution in [0.3, 0.4) is 0 Å². The number of benzene rings is 2. The Morgan fingerprint density at radius 3 is 2.59 bits per heavy atom. The fourth-order valence-electron chi connectivity index (χ4n) is 1.92. The van der Waals surface area contributed by atoms with Gasteiger partial charge in [-0.1, -0.05) is 37.1 Å². The molecular weight excluding hydrogens is 212 g/mol. The first kappa shape index (κ1) is 11.3. The lowest BCUT2D eigenvalue weighted by Crippen LogP contribution is -1.96. The van der Waals surface area contributed by atoms with Gasteiger partial charge in [-0.05, 0) is 34.9 Å². The molecule has 1 atom stereocenters. The molecule has 0 aromatic heterocycles. The first-order valence-corrected chi connectivity index (χ1v) is 5.55.